The number of morpholine rings is 1. The standard InChI is InChI=1S/C24H25N3O4S/c1-18-7-8-19(17-23(18)26-32(29,30)22-5-3-2-4-6-22)24(28)25-20-9-11-21(12-10-20)27-13-15-31-16-14-27/h2-12,17,26H,13-16H2,1H3,(H,25,28). The fourth-order valence-electron chi connectivity index (χ4n) is 3.46. The van der Waals surface area contributed by atoms with Crippen molar-refractivity contribution in [2.45, 2.75) is 11.8 Å². The van der Waals surface area contributed by atoms with E-state index in [2.05, 4.69) is 14.9 Å². The van der Waals surface area contributed by atoms with Gasteiger partial charge in [-0.15, -0.1) is 0 Å². The average Bonchev–Trinajstić information content (AvgIpc) is 2.82. The second kappa shape index (κ2) is 9.42. The Morgan fingerprint density at radius 3 is 2.31 bits per heavy atom. The molecule has 2 N–H and O–H groups in total. The van der Waals surface area contributed by atoms with Crippen molar-refractivity contribution in [3.8, 4) is 0 Å². The van der Waals surface area contributed by atoms with E-state index in [1.54, 1.807) is 43.3 Å². The summed E-state index contributed by atoms with van der Waals surface area (Å²) in [7, 11) is -3.75. The summed E-state index contributed by atoms with van der Waals surface area (Å²) in [6.07, 6.45) is 0. The van der Waals surface area contributed by atoms with Gasteiger partial charge < -0.3 is 15.0 Å². The van der Waals surface area contributed by atoms with Crippen LogP contribution in [-0.4, -0.2) is 40.6 Å². The van der Waals surface area contributed by atoms with Crippen molar-refractivity contribution in [3.63, 3.8) is 0 Å². The van der Waals surface area contributed by atoms with E-state index in [9.17, 15) is 13.2 Å². The maximum Gasteiger partial charge on any atom is 0.261 e. The molecule has 1 heterocycles. The normalized spacial score (nSPS) is 14.1. The zero-order valence-corrected chi connectivity index (χ0v) is 18.6. The largest absolute Gasteiger partial charge is 0.378 e. The van der Waals surface area contributed by atoms with Crippen molar-refractivity contribution in [2.24, 2.45) is 0 Å². The molecule has 3 aromatic rings. The molecule has 8 heteroatoms. The third-order valence-corrected chi connectivity index (χ3v) is 6.68. The number of amides is 1. The lowest BCUT2D eigenvalue weighted by Crippen LogP contribution is -2.36. The zero-order valence-electron chi connectivity index (χ0n) is 17.7. The molecule has 0 bridgehead atoms. The number of carbonyl (C=O) groups excluding carboxylic acids is 1. The van der Waals surface area contributed by atoms with Crippen LogP contribution in [0.3, 0.4) is 0 Å². The Morgan fingerprint density at radius 1 is 0.938 bits per heavy atom. The van der Waals surface area contributed by atoms with Gasteiger partial charge >= 0.3 is 0 Å². The van der Waals surface area contributed by atoms with E-state index in [-0.39, 0.29) is 10.8 Å². The third-order valence-electron chi connectivity index (χ3n) is 5.30. The SMILES string of the molecule is Cc1ccc(C(=O)Nc2ccc(N3CCOCC3)cc2)cc1NS(=O)(=O)c1ccccc1. The number of hydrogen-bond acceptors (Lipinski definition) is 5. The molecule has 1 aliphatic heterocycles. The van der Waals surface area contributed by atoms with E-state index in [0.29, 0.717) is 30.2 Å². The van der Waals surface area contributed by atoms with Gasteiger partial charge in [-0.05, 0) is 61.0 Å². The summed E-state index contributed by atoms with van der Waals surface area (Å²) >= 11 is 0. The van der Waals surface area contributed by atoms with Gasteiger partial charge in [0.1, 0.15) is 0 Å². The lowest BCUT2D eigenvalue weighted by atomic mass is 10.1. The van der Waals surface area contributed by atoms with Gasteiger partial charge in [-0.2, -0.15) is 0 Å². The summed E-state index contributed by atoms with van der Waals surface area (Å²) in [5, 5.41) is 2.87. The number of benzene rings is 3. The molecule has 1 amide bonds. The van der Waals surface area contributed by atoms with E-state index < -0.39 is 10.0 Å². The summed E-state index contributed by atoms with van der Waals surface area (Å²) in [6, 6.07) is 20.7. The highest BCUT2D eigenvalue weighted by atomic mass is 32.2. The molecule has 0 saturated carbocycles. The van der Waals surface area contributed by atoms with Crippen molar-refractivity contribution < 1.29 is 17.9 Å². The Hall–Kier alpha value is -3.36. The first-order chi connectivity index (χ1) is 15.4. The van der Waals surface area contributed by atoms with Crippen LogP contribution in [0.5, 0.6) is 0 Å². The van der Waals surface area contributed by atoms with Crippen LogP contribution >= 0.6 is 0 Å². The second-order valence-electron chi connectivity index (χ2n) is 7.55. The molecule has 7 nitrogen and oxygen atoms in total. The molecule has 0 atom stereocenters. The Balaban J connectivity index is 1.47. The minimum absolute atomic E-state index is 0.162. The van der Waals surface area contributed by atoms with Gasteiger partial charge in [0.05, 0.1) is 23.8 Å². The van der Waals surface area contributed by atoms with E-state index in [1.807, 2.05) is 24.3 Å². The molecule has 0 unspecified atom stereocenters. The number of hydrogen-bond donors (Lipinski definition) is 2. The van der Waals surface area contributed by atoms with Crippen LogP contribution in [0.15, 0.2) is 77.7 Å². The van der Waals surface area contributed by atoms with Crippen LogP contribution in [0.1, 0.15) is 15.9 Å². The first-order valence-corrected chi connectivity index (χ1v) is 11.8. The molecular weight excluding hydrogens is 426 g/mol. The van der Waals surface area contributed by atoms with E-state index in [0.717, 1.165) is 24.3 Å². The highest BCUT2D eigenvalue weighted by Gasteiger charge is 2.17. The third kappa shape index (κ3) is 5.09. The zero-order chi connectivity index (χ0) is 22.6. The smallest absolute Gasteiger partial charge is 0.261 e. The highest BCUT2D eigenvalue weighted by Crippen LogP contribution is 2.23. The number of nitrogens with zero attached hydrogens (tertiary/aromatic N) is 1. The summed E-state index contributed by atoms with van der Waals surface area (Å²) < 4.78 is 33.3. The predicted molar refractivity (Wildman–Crippen MR) is 126 cm³/mol. The van der Waals surface area contributed by atoms with Gasteiger partial charge in [0.2, 0.25) is 0 Å². The highest BCUT2D eigenvalue weighted by molar-refractivity contribution is 7.92. The van der Waals surface area contributed by atoms with Gasteiger partial charge in [0, 0.05) is 30.0 Å². The van der Waals surface area contributed by atoms with Gasteiger partial charge in [-0.3, -0.25) is 9.52 Å². The average molecular weight is 452 g/mol. The molecule has 1 aliphatic rings. The summed E-state index contributed by atoms with van der Waals surface area (Å²) in [4.78, 5) is 15.2. The molecule has 4 rings (SSSR count). The first kappa shape index (κ1) is 21.9. The monoisotopic (exact) mass is 451 g/mol. The molecule has 1 saturated heterocycles. The number of aryl methyl sites for hydroxylation is 1. The first-order valence-electron chi connectivity index (χ1n) is 10.3. The minimum Gasteiger partial charge on any atom is -0.378 e. The van der Waals surface area contributed by atoms with Crippen molar-refractivity contribution in [2.75, 3.05) is 41.2 Å². The van der Waals surface area contributed by atoms with Crippen molar-refractivity contribution >= 4 is 33.0 Å². The number of carbonyl (C=O) groups is 1. The summed E-state index contributed by atoms with van der Waals surface area (Å²) in [5.74, 6) is -0.315. The lowest BCUT2D eigenvalue weighted by molar-refractivity contribution is 0.102. The van der Waals surface area contributed by atoms with Crippen molar-refractivity contribution in [1.29, 1.82) is 0 Å². The van der Waals surface area contributed by atoms with Crippen LogP contribution in [0.25, 0.3) is 0 Å². The molecule has 166 valence electrons. The Bertz CT molecular complexity index is 1190. The maximum atomic E-state index is 12.8. The van der Waals surface area contributed by atoms with Crippen LogP contribution in [-0.2, 0) is 14.8 Å². The Morgan fingerprint density at radius 2 is 1.62 bits per heavy atom. The molecule has 32 heavy (non-hydrogen) atoms. The molecular formula is C24H25N3O4S. The van der Waals surface area contributed by atoms with Crippen LogP contribution in [0.2, 0.25) is 0 Å². The Labute approximate surface area is 188 Å². The topological polar surface area (TPSA) is 87.7 Å². The van der Waals surface area contributed by atoms with E-state index in [4.69, 9.17) is 4.74 Å². The number of rotatable bonds is 6. The van der Waals surface area contributed by atoms with Gasteiger partial charge in [-0.1, -0.05) is 24.3 Å². The number of anilines is 3. The molecule has 3 aromatic carbocycles. The van der Waals surface area contributed by atoms with E-state index >= 15 is 0 Å². The van der Waals surface area contributed by atoms with Crippen LogP contribution in [0, 0.1) is 6.92 Å². The summed E-state index contributed by atoms with van der Waals surface area (Å²) in [5.41, 5.74) is 3.19. The maximum absolute atomic E-state index is 12.8. The number of sulfonamides is 1. The van der Waals surface area contributed by atoms with Gasteiger partial charge in [-0.25, -0.2) is 8.42 Å². The van der Waals surface area contributed by atoms with Crippen LogP contribution < -0.4 is 14.9 Å². The second-order valence-corrected chi connectivity index (χ2v) is 9.23. The van der Waals surface area contributed by atoms with Crippen molar-refractivity contribution in [1.82, 2.24) is 0 Å². The van der Waals surface area contributed by atoms with E-state index in [1.165, 1.54) is 12.1 Å². The lowest BCUT2D eigenvalue weighted by Gasteiger charge is -2.28. The molecule has 0 radical (unpaired) electrons. The quantitative estimate of drug-likeness (QED) is 0.594. The number of ether oxygens (including phenoxy) is 1. The fourth-order valence-corrected chi connectivity index (χ4v) is 4.60. The minimum atomic E-state index is -3.75. The molecule has 0 spiro atoms. The fraction of sp³-hybridized carbons (Fsp3) is 0.208. The summed E-state index contributed by atoms with van der Waals surface area (Å²) in [6.45, 7) is 4.90. The van der Waals surface area contributed by atoms with Gasteiger partial charge in [0.15, 0.2) is 0 Å². The van der Waals surface area contributed by atoms with Crippen LogP contribution in [0.4, 0.5) is 17.1 Å². The molecule has 0 aliphatic carbocycles. The van der Waals surface area contributed by atoms with Crippen molar-refractivity contribution in [3.05, 3.63) is 83.9 Å². The molecule has 1 fully saturated rings. The molecule has 0 aromatic heterocycles. The predicted octanol–water partition coefficient (Wildman–Crippen LogP) is 3.88. The number of nitrogens with one attached hydrogen (secondary N) is 2. The Kier molecular flexibility index (Phi) is 6.43. The van der Waals surface area contributed by atoms with Gasteiger partial charge in [0.25, 0.3) is 15.9 Å².